The molecule has 3 aromatic carbocycles. The Balaban J connectivity index is -0.00000111. The number of benzene rings is 3. The van der Waals surface area contributed by atoms with Crippen molar-refractivity contribution in [1.29, 1.82) is 0 Å². The summed E-state index contributed by atoms with van der Waals surface area (Å²) in [5, 5.41) is 8.48. The van der Waals surface area contributed by atoms with E-state index in [0.29, 0.717) is 29.4 Å². The van der Waals surface area contributed by atoms with E-state index in [2.05, 4.69) is 4.18 Å². The summed E-state index contributed by atoms with van der Waals surface area (Å²) in [7, 11) is -14.0. The van der Waals surface area contributed by atoms with Gasteiger partial charge in [-0.25, -0.2) is 58.5 Å². The van der Waals surface area contributed by atoms with Crippen LogP contribution in [-0.2, 0) is 101 Å². The fourth-order valence-corrected chi connectivity index (χ4v) is 12.2. The molecular weight excluding hydrogens is 1330 g/mol. The van der Waals surface area contributed by atoms with Gasteiger partial charge >= 0.3 is 16.4 Å². The smallest absolute Gasteiger partial charge is 0.401 e. The molecule has 5 N–H and O–H groups in total. The molecule has 32 heteroatoms. The Kier molecular flexibility index (Phi) is 36.6. The molecule has 0 aliphatic heterocycles. The SMILES string of the molecule is C.C.C.C.C.C.CC(C)C(OS(=O)(=O)O)n1cc[n+](C)c1.CC(C)c1cc(S(C)(=O)=O)c(-n2cc[n+](C)c2)c(S(=O)(=O)O)c1.CC(C)c1ccc(-n2cc[n+](C)c2)c(S(=O)(=O)O)c1.CC(C)c1ccc(Cn2cc[n+](C)c2)c(S(=O)(=O)O)c1.CC(C)n1cc[n+](CC(=O)O)c1. The Labute approximate surface area is 565 Å². The van der Waals surface area contributed by atoms with Crippen LogP contribution >= 0.6 is 0 Å². The van der Waals surface area contributed by atoms with Gasteiger partial charge < -0.3 is 5.11 Å². The lowest BCUT2D eigenvalue weighted by Crippen LogP contribution is -2.35. The molecule has 1 unspecified atom stereocenters. The van der Waals surface area contributed by atoms with E-state index in [1.54, 1.807) is 130 Å². The van der Waals surface area contributed by atoms with Crippen LogP contribution in [0.1, 0.15) is 166 Å². The van der Waals surface area contributed by atoms with Crippen molar-refractivity contribution in [3.8, 4) is 11.4 Å². The van der Waals surface area contributed by atoms with Gasteiger partial charge in [-0.3, -0.25) is 18.2 Å². The number of hydrogen-bond acceptors (Lipinski definition) is 12. The van der Waals surface area contributed by atoms with Crippen LogP contribution in [0.2, 0.25) is 0 Å². The standard InChI is InChI=1S/C14H18N2O5S2.C14H18N2O3S.C13H16N2O3S.C8H14N2O4S.C8H12N2O2.6CH4/c1-10(2)11-7-12(22(4,17)18)14(13(8-11)23(19,20)21)16-6-5-15(3)9-16;1-11(2)12-4-5-13(14(8-12)20(17,18)19)9-16-7-6-15(3)10-16;1-10(2)11-4-5-12(13(8-11)19(16,17)18)15-7-6-14(3)9-15;1-7(2)8(14-15(11,12)13)10-5-4-9(3)6-10;1-7(2)10-4-3-9(6-10)5-8(11)12;;;;;;/h5-10H,1-4H3;4-8,10-11H,9H2,1-3H3;4-10H,1-3H3;4-8H,1-3H3;3-4,6-7H,5H2,1-2H3;6*1H4/p+5. The van der Waals surface area contributed by atoms with Gasteiger partial charge in [-0.15, -0.1) is 0 Å². The number of carbonyl (C=O) groups is 1. The maximum absolute atomic E-state index is 12.2. The van der Waals surface area contributed by atoms with Crippen LogP contribution in [0.3, 0.4) is 0 Å². The molecule has 8 rings (SSSR count). The van der Waals surface area contributed by atoms with E-state index < -0.39 is 67.7 Å². The van der Waals surface area contributed by atoms with Crippen LogP contribution in [0.15, 0.2) is 162 Å². The number of aliphatic carboxylic acids is 1. The largest absolute Gasteiger partial charge is 0.478 e. The highest BCUT2D eigenvalue weighted by Gasteiger charge is 2.31. The average molecular weight is 1440 g/mol. The molecule has 0 fully saturated rings. The molecule has 1 atom stereocenters. The van der Waals surface area contributed by atoms with Crippen molar-refractivity contribution in [2.75, 3.05) is 6.26 Å². The summed E-state index contributed by atoms with van der Waals surface area (Å²) in [4.78, 5) is 9.65. The lowest BCUT2D eigenvalue weighted by Gasteiger charge is -2.15. The van der Waals surface area contributed by atoms with Gasteiger partial charge in [0, 0.05) is 17.7 Å². The summed E-state index contributed by atoms with van der Waals surface area (Å²) in [5.74, 6) is -0.615. The molecular formula is C63H107N10O17S5+5. The molecule has 0 amide bonds. The number of sulfone groups is 1. The molecule has 0 saturated heterocycles. The lowest BCUT2D eigenvalue weighted by molar-refractivity contribution is -0.685. The van der Waals surface area contributed by atoms with E-state index in [1.807, 2.05) is 120 Å². The average Bonchev–Trinajstić information content (AvgIpc) is 1.52. The van der Waals surface area contributed by atoms with E-state index in [4.69, 9.17) is 9.66 Å². The van der Waals surface area contributed by atoms with Crippen molar-refractivity contribution >= 4 is 56.6 Å². The molecule has 0 radical (unpaired) electrons. The maximum atomic E-state index is 12.2. The fourth-order valence-electron chi connectivity index (χ4n) is 8.46. The molecule has 5 heterocycles. The monoisotopic (exact) mass is 1440 g/mol. The first-order chi connectivity index (χ1) is 40.9. The summed E-state index contributed by atoms with van der Waals surface area (Å²) >= 11 is 0. The summed E-state index contributed by atoms with van der Waals surface area (Å²) < 4.78 is 174. The Bertz CT molecular complexity index is 4260. The third kappa shape index (κ3) is 28.1. The second kappa shape index (κ2) is 37.9. The Morgan fingerprint density at radius 1 is 0.484 bits per heavy atom. The van der Waals surface area contributed by atoms with E-state index in [0.717, 1.165) is 17.4 Å². The third-order valence-corrected chi connectivity index (χ3v) is 17.4. The number of carboxylic acid groups (broad SMARTS) is 1. The van der Waals surface area contributed by atoms with E-state index in [1.165, 1.54) is 35.3 Å². The van der Waals surface area contributed by atoms with Gasteiger partial charge in [-0.05, 0) is 78.6 Å². The molecule has 8 aromatic rings. The summed E-state index contributed by atoms with van der Waals surface area (Å²) in [6.07, 6.45) is 26.3. The van der Waals surface area contributed by atoms with Gasteiger partial charge in [0.15, 0.2) is 27.8 Å². The molecule has 0 bridgehead atoms. The second-order valence-corrected chi connectivity index (χ2v) is 29.8. The molecule has 95 heavy (non-hydrogen) atoms. The first-order valence-corrected chi connectivity index (χ1v) is 35.1. The maximum Gasteiger partial charge on any atom is 0.401 e. The highest BCUT2D eigenvalue weighted by atomic mass is 32.3. The predicted octanol–water partition coefficient (Wildman–Crippen LogP) is 9.02. The highest BCUT2D eigenvalue weighted by Crippen LogP contribution is 2.32. The number of hydrogen-bond donors (Lipinski definition) is 5. The van der Waals surface area contributed by atoms with Crippen molar-refractivity contribution in [2.45, 2.75) is 176 Å². The number of rotatable bonds is 18. The van der Waals surface area contributed by atoms with Crippen LogP contribution in [0.5, 0.6) is 0 Å². The number of carboxylic acids is 1. The topological polar surface area (TPSA) is 342 Å². The number of aromatic nitrogens is 10. The van der Waals surface area contributed by atoms with Gasteiger partial charge in [0.2, 0.25) is 37.9 Å². The van der Waals surface area contributed by atoms with Crippen molar-refractivity contribution in [3.05, 3.63) is 164 Å². The molecule has 536 valence electrons. The van der Waals surface area contributed by atoms with Crippen LogP contribution < -0.4 is 22.8 Å². The first kappa shape index (κ1) is 91.9. The van der Waals surface area contributed by atoms with Crippen LogP contribution in [0.4, 0.5) is 0 Å². The molecule has 0 saturated carbocycles. The Hall–Kier alpha value is -7.27. The minimum atomic E-state index is -4.61. The van der Waals surface area contributed by atoms with Gasteiger partial charge in [0.1, 0.15) is 88.1 Å². The summed E-state index contributed by atoms with van der Waals surface area (Å²) in [5.41, 5.74) is 3.20. The molecule has 27 nitrogen and oxygen atoms in total. The second-order valence-electron chi connectivity index (χ2n) is 22.6. The highest BCUT2D eigenvalue weighted by molar-refractivity contribution is 7.91. The van der Waals surface area contributed by atoms with E-state index >= 15 is 0 Å². The quantitative estimate of drug-likeness (QED) is 0.0395. The summed E-state index contributed by atoms with van der Waals surface area (Å²) in [6.45, 7) is 19.6. The first-order valence-electron chi connectivity index (χ1n) is 27.5. The zero-order valence-electron chi connectivity index (χ0n) is 52.3. The predicted molar refractivity (Wildman–Crippen MR) is 365 cm³/mol. The minimum Gasteiger partial charge on any atom is -0.478 e. The van der Waals surface area contributed by atoms with Crippen LogP contribution in [-0.4, -0.2) is 100 Å². The van der Waals surface area contributed by atoms with Crippen molar-refractivity contribution in [2.24, 2.45) is 34.1 Å². The number of nitrogens with zero attached hydrogens (tertiary/aromatic N) is 10. The third-order valence-electron chi connectivity index (χ3n) is 13.1. The zero-order chi connectivity index (χ0) is 67.5. The Morgan fingerprint density at radius 2 is 0.905 bits per heavy atom. The van der Waals surface area contributed by atoms with Crippen LogP contribution in [0, 0.1) is 5.92 Å². The molecule has 0 aliphatic carbocycles. The van der Waals surface area contributed by atoms with Crippen LogP contribution in [0.25, 0.3) is 11.4 Å². The minimum absolute atomic E-state index is 0. The number of imidazole rings is 5. The van der Waals surface area contributed by atoms with Gasteiger partial charge in [-0.1, -0.05) is 118 Å². The van der Waals surface area contributed by atoms with Crippen molar-refractivity contribution in [1.82, 2.24) is 22.8 Å². The molecule has 0 aliphatic rings. The van der Waals surface area contributed by atoms with Gasteiger partial charge in [-0.2, -0.15) is 38.2 Å². The fraction of sp³-hybridized carbons (Fsp3) is 0.460. The number of aryl methyl sites for hydroxylation is 4. The Morgan fingerprint density at radius 3 is 1.28 bits per heavy atom. The molecule has 5 aromatic heterocycles. The van der Waals surface area contributed by atoms with Crippen molar-refractivity contribution in [3.63, 3.8) is 0 Å². The molecule has 0 spiro atoms. The lowest BCUT2D eigenvalue weighted by atomic mass is 10.0. The van der Waals surface area contributed by atoms with E-state index in [9.17, 15) is 60.5 Å². The van der Waals surface area contributed by atoms with Gasteiger partial charge in [0.05, 0.1) is 34.2 Å². The van der Waals surface area contributed by atoms with E-state index in [-0.39, 0.29) is 95.2 Å². The zero-order valence-corrected chi connectivity index (χ0v) is 56.4. The summed E-state index contributed by atoms with van der Waals surface area (Å²) in [6, 6.07) is 13.5. The van der Waals surface area contributed by atoms with Gasteiger partial charge in [0.25, 0.3) is 30.4 Å². The van der Waals surface area contributed by atoms with Crippen molar-refractivity contribution < 1.29 is 97.2 Å². The normalized spacial score (nSPS) is 11.7.